The first-order valence-electron chi connectivity index (χ1n) is 13.5. The third kappa shape index (κ3) is 8.63. The van der Waals surface area contributed by atoms with E-state index in [9.17, 15) is 24.9 Å². The molecule has 8 unspecified atom stereocenters. The third-order valence-corrected chi connectivity index (χ3v) is 7.72. The number of rotatable bonds is 13. The Morgan fingerprint density at radius 3 is 2.50 bits per heavy atom. The molecule has 2 aliphatic heterocycles. The summed E-state index contributed by atoms with van der Waals surface area (Å²) in [6.45, 7) is 12.7. The first-order valence-corrected chi connectivity index (χ1v) is 13.5. The number of ketones is 1. The van der Waals surface area contributed by atoms with Crippen molar-refractivity contribution in [2.24, 2.45) is 17.8 Å². The third-order valence-electron chi connectivity index (χ3n) is 7.72. The fourth-order valence-electron chi connectivity index (χ4n) is 5.11. The molecule has 2 rings (SSSR count). The number of aliphatic hydroxyl groups excluding tert-OH is 1. The van der Waals surface area contributed by atoms with Crippen LogP contribution in [0.3, 0.4) is 0 Å². The van der Waals surface area contributed by atoms with Crippen LogP contribution in [0.25, 0.3) is 0 Å². The zero-order valence-corrected chi connectivity index (χ0v) is 24.1. The van der Waals surface area contributed by atoms with Crippen LogP contribution in [0.2, 0.25) is 0 Å². The molecule has 0 fully saturated rings. The van der Waals surface area contributed by atoms with Gasteiger partial charge in [-0.1, -0.05) is 38.5 Å². The number of carboxylic acids is 1. The second-order valence-corrected chi connectivity index (χ2v) is 11.1. The van der Waals surface area contributed by atoms with Gasteiger partial charge in [-0.15, -0.1) is 0 Å². The van der Waals surface area contributed by atoms with E-state index >= 15 is 0 Å². The summed E-state index contributed by atoms with van der Waals surface area (Å²) >= 11 is 0. The summed E-state index contributed by atoms with van der Waals surface area (Å²) in [5.41, 5.74) is 0.797. The lowest BCUT2D eigenvalue weighted by atomic mass is 9.84. The highest BCUT2D eigenvalue weighted by Gasteiger charge is 2.33. The maximum Gasteiger partial charge on any atom is 0.308 e. The van der Waals surface area contributed by atoms with Gasteiger partial charge in [-0.05, 0) is 65.0 Å². The largest absolute Gasteiger partial charge is 0.481 e. The van der Waals surface area contributed by atoms with E-state index in [1.54, 1.807) is 40.0 Å². The molecule has 0 radical (unpaired) electrons. The molecule has 38 heavy (non-hydrogen) atoms. The number of hydrogen-bond acceptors (Lipinski definition) is 7. The SMILES string of the molecule is CCC1=CC(/C(C)=C/C(C)(O)CCC(OC)C(C)C(O)C(C)/C=C2/OC(C)=CC2=O)OC(C(C)C(=O)O)C1. The summed E-state index contributed by atoms with van der Waals surface area (Å²) in [6.07, 6.45) is 7.20. The normalized spacial score (nSPS) is 27.1. The Morgan fingerprint density at radius 2 is 1.97 bits per heavy atom. The predicted molar refractivity (Wildman–Crippen MR) is 145 cm³/mol. The van der Waals surface area contributed by atoms with Crippen molar-refractivity contribution in [1.82, 2.24) is 0 Å². The molecule has 2 heterocycles. The number of methoxy groups -OCH3 is 1. The predicted octanol–water partition coefficient (Wildman–Crippen LogP) is 4.71. The van der Waals surface area contributed by atoms with Gasteiger partial charge < -0.3 is 29.5 Å². The molecule has 0 saturated heterocycles. The summed E-state index contributed by atoms with van der Waals surface area (Å²) in [4.78, 5) is 23.5. The van der Waals surface area contributed by atoms with E-state index in [4.69, 9.17) is 14.2 Å². The van der Waals surface area contributed by atoms with E-state index in [-0.39, 0.29) is 29.5 Å². The fraction of sp³-hybridized carbons (Fsp3) is 0.667. The van der Waals surface area contributed by atoms with Crippen LogP contribution in [0.1, 0.15) is 74.1 Å². The molecule has 2 aliphatic rings. The maximum atomic E-state index is 12.0. The zero-order chi connectivity index (χ0) is 28.8. The van der Waals surface area contributed by atoms with E-state index < -0.39 is 35.8 Å². The van der Waals surface area contributed by atoms with Crippen LogP contribution >= 0.6 is 0 Å². The Labute approximate surface area is 227 Å². The number of allylic oxidation sites excluding steroid dienone is 2. The number of aliphatic hydroxyl groups is 2. The molecule has 0 aliphatic carbocycles. The highest BCUT2D eigenvalue weighted by molar-refractivity contribution is 6.04. The minimum Gasteiger partial charge on any atom is -0.481 e. The highest BCUT2D eigenvalue weighted by atomic mass is 16.5. The van der Waals surface area contributed by atoms with E-state index in [2.05, 4.69) is 0 Å². The Morgan fingerprint density at radius 1 is 1.32 bits per heavy atom. The van der Waals surface area contributed by atoms with Crippen LogP contribution in [0.5, 0.6) is 0 Å². The molecule has 0 saturated carbocycles. The topological polar surface area (TPSA) is 123 Å². The quantitative estimate of drug-likeness (QED) is 0.229. The van der Waals surface area contributed by atoms with Crippen molar-refractivity contribution in [2.45, 2.75) is 104 Å². The van der Waals surface area contributed by atoms with Crippen LogP contribution in [0.4, 0.5) is 0 Å². The van der Waals surface area contributed by atoms with Gasteiger partial charge in [-0.25, -0.2) is 0 Å². The molecule has 0 amide bonds. The molecule has 3 N–H and O–H groups in total. The van der Waals surface area contributed by atoms with Crippen molar-refractivity contribution in [2.75, 3.05) is 7.11 Å². The lowest BCUT2D eigenvalue weighted by Gasteiger charge is -2.34. The summed E-state index contributed by atoms with van der Waals surface area (Å²) in [6, 6.07) is 0. The van der Waals surface area contributed by atoms with Crippen molar-refractivity contribution in [1.29, 1.82) is 0 Å². The molecule has 0 aromatic carbocycles. The van der Waals surface area contributed by atoms with Crippen molar-refractivity contribution >= 4 is 11.8 Å². The van der Waals surface area contributed by atoms with Crippen LogP contribution < -0.4 is 0 Å². The fourth-order valence-corrected chi connectivity index (χ4v) is 5.11. The second-order valence-electron chi connectivity index (χ2n) is 11.1. The second kappa shape index (κ2) is 13.7. The Balaban J connectivity index is 2.05. The van der Waals surface area contributed by atoms with E-state index in [0.717, 1.165) is 17.6 Å². The molecule has 8 heteroatoms. The van der Waals surface area contributed by atoms with Gasteiger partial charge in [0, 0.05) is 25.0 Å². The molecule has 214 valence electrons. The van der Waals surface area contributed by atoms with Gasteiger partial charge in [-0.3, -0.25) is 9.59 Å². The monoisotopic (exact) mass is 534 g/mol. The summed E-state index contributed by atoms with van der Waals surface area (Å²) in [7, 11) is 1.58. The number of carbonyl (C=O) groups is 2. The van der Waals surface area contributed by atoms with Crippen molar-refractivity contribution in [3.63, 3.8) is 0 Å². The Hall–Kier alpha value is -2.26. The molecular formula is C30H46O8. The highest BCUT2D eigenvalue weighted by Crippen LogP contribution is 2.32. The van der Waals surface area contributed by atoms with Crippen molar-refractivity contribution in [3.05, 3.63) is 47.0 Å². The summed E-state index contributed by atoms with van der Waals surface area (Å²) < 4.78 is 17.2. The first-order chi connectivity index (χ1) is 17.7. The Kier molecular flexibility index (Phi) is 11.5. The van der Waals surface area contributed by atoms with E-state index in [0.29, 0.717) is 25.0 Å². The molecule has 0 aromatic heterocycles. The number of aliphatic carboxylic acids is 1. The van der Waals surface area contributed by atoms with E-state index in [1.807, 2.05) is 33.8 Å². The smallest absolute Gasteiger partial charge is 0.308 e. The van der Waals surface area contributed by atoms with Gasteiger partial charge in [0.25, 0.3) is 0 Å². The average molecular weight is 535 g/mol. The number of carboxylic acid groups (broad SMARTS) is 1. The van der Waals surface area contributed by atoms with Gasteiger partial charge in [0.05, 0.1) is 35.9 Å². The minimum absolute atomic E-state index is 0.206. The zero-order valence-electron chi connectivity index (χ0n) is 24.1. The van der Waals surface area contributed by atoms with Crippen LogP contribution in [-0.4, -0.2) is 64.2 Å². The average Bonchev–Trinajstić information content (AvgIpc) is 3.18. The van der Waals surface area contributed by atoms with Gasteiger partial charge in [0.15, 0.2) is 5.76 Å². The standard InChI is InChI=1S/C30H46O8/c1-9-22-14-25(38-26(15-22)21(6)29(33)34)18(3)16-30(7,35)11-10-24(36-8)20(5)28(32)17(2)12-27-23(31)13-19(4)37-27/h12-14,16-17,20-21,24-26,28,32,35H,9-11,15H2,1-8H3,(H,33,34)/b18-16+,27-12+. The molecule has 0 bridgehead atoms. The number of ether oxygens (including phenoxy) is 3. The summed E-state index contributed by atoms with van der Waals surface area (Å²) in [5, 5.41) is 31.6. The summed E-state index contributed by atoms with van der Waals surface area (Å²) in [5.74, 6) is -1.58. The number of carbonyl (C=O) groups excluding carboxylic acids is 1. The van der Waals surface area contributed by atoms with Gasteiger partial charge in [0.1, 0.15) is 5.76 Å². The molecule has 8 nitrogen and oxygen atoms in total. The number of hydrogen-bond donors (Lipinski definition) is 3. The van der Waals surface area contributed by atoms with Gasteiger partial charge in [0.2, 0.25) is 5.78 Å². The Bertz CT molecular complexity index is 973. The van der Waals surface area contributed by atoms with Crippen LogP contribution in [0, 0.1) is 17.8 Å². The molecule has 8 atom stereocenters. The van der Waals surface area contributed by atoms with Gasteiger partial charge >= 0.3 is 5.97 Å². The van der Waals surface area contributed by atoms with Crippen LogP contribution in [-0.2, 0) is 23.8 Å². The van der Waals surface area contributed by atoms with Crippen molar-refractivity contribution in [3.8, 4) is 0 Å². The van der Waals surface area contributed by atoms with Gasteiger partial charge in [-0.2, -0.15) is 0 Å². The molecule has 0 aromatic rings. The lowest BCUT2D eigenvalue weighted by molar-refractivity contribution is -0.147. The maximum absolute atomic E-state index is 12.0. The first kappa shape index (κ1) is 32.0. The van der Waals surface area contributed by atoms with Crippen LogP contribution in [0.15, 0.2) is 47.0 Å². The van der Waals surface area contributed by atoms with Crippen molar-refractivity contribution < 1.29 is 39.1 Å². The minimum atomic E-state index is -1.17. The van der Waals surface area contributed by atoms with E-state index in [1.165, 1.54) is 6.08 Å². The lowest BCUT2D eigenvalue weighted by Crippen LogP contribution is -2.37. The molecular weight excluding hydrogens is 488 g/mol. The molecule has 0 spiro atoms.